The number of hydrogen-bond donors (Lipinski definition) is 3. The Balaban J connectivity index is 0.00000363. The summed E-state index contributed by atoms with van der Waals surface area (Å²) in [6, 6.07) is 12.1. The quantitative estimate of drug-likeness (QED) is 0.444. The topological polar surface area (TPSA) is 123 Å². The largest absolute Gasteiger partial charge is 1.00 e. The number of benzene rings is 2. The number of hydrogen-bond acceptors (Lipinski definition) is 4. The third-order valence-corrected chi connectivity index (χ3v) is 4.63. The molecule has 0 radical (unpaired) electrons. The standard InChI is InChI=1S/C22H20FN3O5.Na/c1-26-10-9-18(27)20(21(26)30)25-22(31)24-17(12-19(28)29)15-11-14(7-8-16(15)23)13-5-3-2-4-6-13;/h2-11,17,27H,12H2,1H3,(H,28,29)(H2,24,25,31);/q;+1/p-1/t17-;/m0./s1. The van der Waals surface area contributed by atoms with Gasteiger partial charge in [0.1, 0.15) is 11.5 Å². The number of aryl methyl sites for hydroxylation is 1. The van der Waals surface area contributed by atoms with Crippen molar-refractivity contribution < 1.29 is 53.7 Å². The minimum atomic E-state index is -1.27. The van der Waals surface area contributed by atoms with Crippen LogP contribution >= 0.6 is 0 Å². The molecule has 0 unspecified atom stereocenters. The van der Waals surface area contributed by atoms with Gasteiger partial charge in [-0.25, -0.2) is 9.18 Å². The number of aliphatic carboxylic acids is 1. The van der Waals surface area contributed by atoms with Crippen LogP contribution in [0.2, 0.25) is 0 Å². The molecule has 0 aliphatic rings. The number of pyridine rings is 1. The van der Waals surface area contributed by atoms with Crippen molar-refractivity contribution in [3.05, 3.63) is 82.5 Å². The molecule has 32 heavy (non-hydrogen) atoms. The molecule has 160 valence electrons. The maximum atomic E-state index is 14.6. The second-order valence-electron chi connectivity index (χ2n) is 6.82. The Kier molecular flexibility index (Phi) is 8.59. The Morgan fingerprint density at radius 3 is 2.47 bits per heavy atom. The smallest absolute Gasteiger partial charge is 0.871 e. The molecule has 8 nitrogen and oxygen atoms in total. The van der Waals surface area contributed by atoms with E-state index in [1.807, 2.05) is 18.2 Å². The molecule has 0 saturated carbocycles. The minimum absolute atomic E-state index is 0. The number of aromatic nitrogens is 1. The maximum Gasteiger partial charge on any atom is 1.00 e. The minimum Gasteiger partial charge on any atom is -0.871 e. The Morgan fingerprint density at radius 2 is 1.81 bits per heavy atom. The maximum absolute atomic E-state index is 14.6. The molecule has 1 heterocycles. The first-order chi connectivity index (χ1) is 14.8. The van der Waals surface area contributed by atoms with Crippen molar-refractivity contribution in [1.29, 1.82) is 0 Å². The number of anilines is 1. The van der Waals surface area contributed by atoms with E-state index < -0.39 is 47.3 Å². The van der Waals surface area contributed by atoms with E-state index in [1.54, 1.807) is 18.2 Å². The van der Waals surface area contributed by atoms with E-state index in [2.05, 4.69) is 10.6 Å². The van der Waals surface area contributed by atoms with Crippen molar-refractivity contribution in [2.45, 2.75) is 12.5 Å². The summed E-state index contributed by atoms with van der Waals surface area (Å²) in [5, 5.41) is 25.7. The van der Waals surface area contributed by atoms with Crippen LogP contribution in [0.15, 0.2) is 65.6 Å². The number of rotatable bonds is 6. The van der Waals surface area contributed by atoms with Gasteiger partial charge in [-0.2, -0.15) is 0 Å². The molecule has 0 aliphatic heterocycles. The van der Waals surface area contributed by atoms with Crippen molar-refractivity contribution in [2.24, 2.45) is 7.05 Å². The van der Waals surface area contributed by atoms with Crippen LogP contribution in [0.1, 0.15) is 18.0 Å². The van der Waals surface area contributed by atoms with Gasteiger partial charge in [-0.1, -0.05) is 48.2 Å². The Hall–Kier alpha value is -3.14. The van der Waals surface area contributed by atoms with Crippen LogP contribution < -0.4 is 50.9 Å². The molecule has 0 bridgehead atoms. The van der Waals surface area contributed by atoms with Crippen LogP contribution in [-0.2, 0) is 11.8 Å². The number of carbonyl (C=O) groups is 2. The molecule has 1 aromatic heterocycles. The molecule has 0 fully saturated rings. The summed E-state index contributed by atoms with van der Waals surface area (Å²) < 4.78 is 15.7. The van der Waals surface area contributed by atoms with Crippen molar-refractivity contribution in [1.82, 2.24) is 9.88 Å². The second-order valence-corrected chi connectivity index (χ2v) is 6.82. The predicted octanol–water partition coefficient (Wildman–Crippen LogP) is -0.393. The van der Waals surface area contributed by atoms with E-state index in [1.165, 1.54) is 25.4 Å². The van der Waals surface area contributed by atoms with Crippen LogP contribution in [0.25, 0.3) is 11.1 Å². The molecule has 2 amide bonds. The summed E-state index contributed by atoms with van der Waals surface area (Å²) in [4.78, 5) is 35.9. The summed E-state index contributed by atoms with van der Waals surface area (Å²) in [5.41, 5.74) is 0.159. The number of nitrogens with zero attached hydrogens (tertiary/aromatic N) is 1. The zero-order valence-electron chi connectivity index (χ0n) is 17.5. The second kappa shape index (κ2) is 10.9. The van der Waals surface area contributed by atoms with Gasteiger partial charge >= 0.3 is 41.6 Å². The van der Waals surface area contributed by atoms with Crippen LogP contribution in [0.5, 0.6) is 5.75 Å². The van der Waals surface area contributed by atoms with Gasteiger partial charge in [0.15, 0.2) is 0 Å². The third-order valence-electron chi connectivity index (χ3n) is 4.63. The van der Waals surface area contributed by atoms with E-state index in [9.17, 15) is 29.0 Å². The molecule has 0 aliphatic carbocycles. The van der Waals surface area contributed by atoms with Gasteiger partial charge in [-0.05, 0) is 23.3 Å². The number of carbonyl (C=O) groups excluding carboxylic acids is 1. The molecule has 2 aromatic carbocycles. The third kappa shape index (κ3) is 5.97. The predicted molar refractivity (Wildman–Crippen MR) is 110 cm³/mol. The van der Waals surface area contributed by atoms with E-state index >= 15 is 0 Å². The molecular formula is C22H19FN3NaO5. The molecule has 0 spiro atoms. The SMILES string of the molecule is Cn1ccc([O-])c(NC(=O)N[C@@H](CC(=O)O)c2cc(-c3ccccc3)ccc2F)c1=O.[Na+]. The zero-order valence-corrected chi connectivity index (χ0v) is 19.5. The molecule has 1 atom stereocenters. The van der Waals surface area contributed by atoms with Crippen molar-refractivity contribution in [3.8, 4) is 16.9 Å². The Morgan fingerprint density at radius 1 is 1.12 bits per heavy atom. The summed E-state index contributed by atoms with van der Waals surface area (Å²) in [5.74, 6) is -2.67. The fourth-order valence-electron chi connectivity index (χ4n) is 3.07. The molecule has 3 rings (SSSR count). The normalized spacial score (nSPS) is 11.2. The Bertz CT molecular complexity index is 1180. The monoisotopic (exact) mass is 447 g/mol. The van der Waals surface area contributed by atoms with Crippen LogP contribution in [0, 0.1) is 5.82 Å². The van der Waals surface area contributed by atoms with Gasteiger partial charge in [0.2, 0.25) is 0 Å². The number of urea groups is 1. The molecule has 10 heteroatoms. The molecule has 0 saturated heterocycles. The van der Waals surface area contributed by atoms with Gasteiger partial charge in [0.05, 0.1) is 12.5 Å². The van der Waals surface area contributed by atoms with Crippen LogP contribution in [0.3, 0.4) is 0 Å². The number of nitrogens with one attached hydrogen (secondary N) is 2. The molecule has 3 N–H and O–H groups in total. The summed E-state index contributed by atoms with van der Waals surface area (Å²) >= 11 is 0. The number of carboxylic acid groups (broad SMARTS) is 1. The zero-order chi connectivity index (χ0) is 22.5. The summed E-state index contributed by atoms with van der Waals surface area (Å²) in [6.07, 6.45) is 0.644. The summed E-state index contributed by atoms with van der Waals surface area (Å²) in [6.45, 7) is 0. The van der Waals surface area contributed by atoms with E-state index in [-0.39, 0.29) is 35.1 Å². The average molecular weight is 447 g/mol. The number of carboxylic acids is 1. The number of halogens is 1. The van der Waals surface area contributed by atoms with Gasteiger partial charge in [-0.3, -0.25) is 9.59 Å². The van der Waals surface area contributed by atoms with E-state index in [4.69, 9.17) is 0 Å². The van der Waals surface area contributed by atoms with Crippen LogP contribution in [0.4, 0.5) is 14.9 Å². The van der Waals surface area contributed by atoms with Gasteiger partial charge < -0.3 is 25.4 Å². The first-order valence-electron chi connectivity index (χ1n) is 9.27. The van der Waals surface area contributed by atoms with E-state index in [0.29, 0.717) is 5.56 Å². The fraction of sp³-hybridized carbons (Fsp3) is 0.136. The summed E-state index contributed by atoms with van der Waals surface area (Å²) in [7, 11) is 1.41. The van der Waals surface area contributed by atoms with Gasteiger partial charge in [0, 0.05) is 18.8 Å². The number of amides is 2. The molecule has 3 aromatic rings. The van der Waals surface area contributed by atoms with Gasteiger partial charge in [-0.15, -0.1) is 0 Å². The van der Waals surface area contributed by atoms with Crippen LogP contribution in [-0.4, -0.2) is 21.7 Å². The van der Waals surface area contributed by atoms with Crippen molar-refractivity contribution in [2.75, 3.05) is 5.32 Å². The van der Waals surface area contributed by atoms with E-state index in [0.717, 1.165) is 16.2 Å². The average Bonchev–Trinajstić information content (AvgIpc) is 2.74. The van der Waals surface area contributed by atoms with Crippen molar-refractivity contribution in [3.63, 3.8) is 0 Å². The Labute approximate surface area is 205 Å². The van der Waals surface area contributed by atoms with Gasteiger partial charge in [0.25, 0.3) is 5.56 Å². The van der Waals surface area contributed by atoms with Crippen molar-refractivity contribution >= 4 is 17.7 Å². The molecular weight excluding hydrogens is 428 g/mol. The fourth-order valence-corrected chi connectivity index (χ4v) is 3.07. The first kappa shape index (κ1) is 25.1. The first-order valence-corrected chi connectivity index (χ1v) is 9.27.